The van der Waals surface area contributed by atoms with Gasteiger partial charge in [-0.05, 0) is 33.1 Å². The maximum absolute atomic E-state index is 13.5. The summed E-state index contributed by atoms with van der Waals surface area (Å²) >= 11 is 0. The normalized spacial score (nSPS) is 15.6. The Kier molecular flexibility index (Phi) is 30.6. The number of amides is 7. The lowest BCUT2D eigenvalue weighted by atomic mass is 10.0. The van der Waals surface area contributed by atoms with Gasteiger partial charge in [-0.2, -0.15) is 0 Å². The Labute approximate surface area is 390 Å². The maximum atomic E-state index is 13.5. The van der Waals surface area contributed by atoms with E-state index < -0.39 is 141 Å². The van der Waals surface area contributed by atoms with Crippen molar-refractivity contribution in [3.63, 3.8) is 0 Å². The molecule has 0 aromatic carbocycles. The topological polar surface area (TPSA) is 477 Å². The summed E-state index contributed by atoms with van der Waals surface area (Å²) in [5.74, 6) is -12.0. The summed E-state index contributed by atoms with van der Waals surface area (Å²) in [7, 11) is 0. The van der Waals surface area contributed by atoms with Crippen molar-refractivity contribution in [1.82, 2.24) is 37.2 Å². The largest absolute Gasteiger partial charge is 0.597 e. The molecule has 0 aromatic rings. The van der Waals surface area contributed by atoms with Crippen LogP contribution in [0.25, 0.3) is 0 Å². The van der Waals surface area contributed by atoms with E-state index in [0.29, 0.717) is 12.8 Å². The summed E-state index contributed by atoms with van der Waals surface area (Å²) < 4.78 is 0. The van der Waals surface area contributed by atoms with Gasteiger partial charge in [-0.15, -0.1) is 0 Å². The average Bonchev–Trinajstić information content (AvgIpc) is 3.28. The van der Waals surface area contributed by atoms with Crippen LogP contribution in [-0.4, -0.2) is 185 Å². The summed E-state index contributed by atoms with van der Waals surface area (Å²) in [6.07, 6.45) is 0.218. The van der Waals surface area contributed by atoms with Crippen molar-refractivity contribution in [2.24, 2.45) is 10.6 Å². The summed E-state index contributed by atoms with van der Waals surface area (Å²) in [5, 5.41) is 119. The highest BCUT2D eigenvalue weighted by molar-refractivity contribution is 5.98. The van der Waals surface area contributed by atoms with Gasteiger partial charge >= 0.3 is 11.9 Å². The fraction of sp³-hybridized carbons (Fsp3) is 0.763. The first kappa shape index (κ1) is 61.5. The van der Waals surface area contributed by atoms with Crippen LogP contribution in [-0.2, 0) is 43.2 Å². The Hall–Kier alpha value is -6.53. The number of hydroxylamine groups is 2. The molecule has 0 bridgehead atoms. The number of carboxylic acids is 2. The van der Waals surface area contributed by atoms with E-state index in [0.717, 1.165) is 52.4 Å². The van der Waals surface area contributed by atoms with Gasteiger partial charge in [0.05, 0.1) is 31.8 Å². The fourth-order valence-corrected chi connectivity index (χ4v) is 6.09. The van der Waals surface area contributed by atoms with E-state index in [1.54, 1.807) is 0 Å². The quantitative estimate of drug-likeness (QED) is 0.0123. The number of hydrogen-bond acceptors (Lipinski definition) is 17. The Bertz CT molecular complexity index is 1720. The molecular weight excluding hydrogens is 914 g/mol. The molecule has 0 aromatic heterocycles. The van der Waals surface area contributed by atoms with Crippen molar-refractivity contribution < 1.29 is 93.9 Å². The van der Waals surface area contributed by atoms with E-state index in [-0.39, 0.29) is 35.4 Å². The molecule has 0 aliphatic heterocycles. The van der Waals surface area contributed by atoms with Gasteiger partial charge in [0, 0.05) is 12.8 Å². The van der Waals surface area contributed by atoms with Crippen molar-refractivity contribution in [3.05, 3.63) is 10.4 Å². The van der Waals surface area contributed by atoms with E-state index in [4.69, 9.17) is 10.4 Å². The Morgan fingerprint density at radius 2 is 1.06 bits per heavy atom. The molecule has 0 saturated carbocycles. The van der Waals surface area contributed by atoms with Crippen molar-refractivity contribution in [2.75, 3.05) is 26.2 Å². The van der Waals surface area contributed by atoms with Gasteiger partial charge in [-0.25, -0.2) is 9.59 Å². The number of carbonyl (C=O) groups is 9. The standard InChI is InChI=1S/C38H67N11O19/c1-4-5-6-7-8-9-10-13-23(52)18-27(53)39-19-28(54)44-30(31(55)38(63)64)36(60)43-26(20-50)34(58)45-29(22(3)51)35(59)41-24(14-11-16-48(67)46-65)33(57)40-21(2)32(56)42-25(37(61)62)15-12-17-49(68)47-66/h21-26,29-31,50-52,55,65-66H,4-20H2,1-3H3,(H,39,53)(H,40,57)(H,41,59)(H,42,56)(H,43,60)(H,44,54)(H,45,58)(H,61,62)(H,63,64). The number of nitrogens with one attached hydrogen (secondary N) is 7. The summed E-state index contributed by atoms with van der Waals surface area (Å²) in [6, 6.07) is -11.2. The molecule has 0 rings (SSSR count). The molecule has 0 heterocycles. The number of unbranched alkanes of at least 4 members (excludes halogenated alkanes) is 6. The van der Waals surface area contributed by atoms with Crippen LogP contribution in [0, 0.1) is 10.4 Å². The van der Waals surface area contributed by atoms with Crippen LogP contribution in [0.3, 0.4) is 0 Å². The summed E-state index contributed by atoms with van der Waals surface area (Å²) in [5.41, 5.74) is 0. The molecule has 0 aliphatic rings. The van der Waals surface area contributed by atoms with Gasteiger partial charge in [0.2, 0.25) is 41.4 Å². The maximum Gasteiger partial charge on any atom is 0.335 e. The zero-order chi connectivity index (χ0) is 51.9. The van der Waals surface area contributed by atoms with E-state index >= 15 is 0 Å². The Morgan fingerprint density at radius 3 is 1.57 bits per heavy atom. The second-order valence-corrected chi connectivity index (χ2v) is 15.6. The number of carbonyl (C=O) groups excluding carboxylic acids is 7. The molecule has 0 aliphatic carbocycles. The first-order valence-electron chi connectivity index (χ1n) is 21.8. The smallest absolute Gasteiger partial charge is 0.335 e. The van der Waals surface area contributed by atoms with Crippen LogP contribution in [0.15, 0.2) is 10.6 Å². The first-order valence-corrected chi connectivity index (χ1v) is 21.8. The van der Waals surface area contributed by atoms with Crippen molar-refractivity contribution in [3.8, 4) is 0 Å². The molecule has 9 atom stereocenters. The third-order valence-electron chi connectivity index (χ3n) is 9.94. The molecule has 0 radical (unpaired) electrons. The van der Waals surface area contributed by atoms with Crippen LogP contribution < -0.4 is 37.2 Å². The van der Waals surface area contributed by atoms with Crippen LogP contribution in [0.5, 0.6) is 0 Å². The number of aliphatic hydroxyl groups is 4. The minimum absolute atomic E-state index is 0.134. The number of aliphatic carboxylic acids is 2. The number of nitrogens with zero attached hydrogens (tertiary/aromatic N) is 4. The molecular formula is C38H67N11O19. The number of carboxylic acid groups (broad SMARTS) is 2. The molecule has 15 N–H and O–H groups in total. The van der Waals surface area contributed by atoms with Gasteiger partial charge < -0.3 is 88.7 Å². The van der Waals surface area contributed by atoms with Crippen LogP contribution in [0.1, 0.15) is 104 Å². The minimum atomic E-state index is -2.66. The highest BCUT2D eigenvalue weighted by Gasteiger charge is 2.37. The minimum Gasteiger partial charge on any atom is -0.597 e. The Balaban J connectivity index is 5.85. The van der Waals surface area contributed by atoms with Crippen molar-refractivity contribution in [1.29, 1.82) is 0 Å². The number of hydrogen-bond donors (Lipinski definition) is 15. The van der Waals surface area contributed by atoms with Gasteiger partial charge in [-0.1, -0.05) is 61.6 Å². The molecule has 30 nitrogen and oxygen atoms in total. The predicted octanol–water partition coefficient (Wildman–Crippen LogP) is -3.91. The molecule has 30 heteroatoms. The zero-order valence-corrected chi connectivity index (χ0v) is 38.1. The third kappa shape index (κ3) is 25.4. The lowest BCUT2D eigenvalue weighted by Crippen LogP contribution is -2.63. The fourth-order valence-electron chi connectivity index (χ4n) is 6.09. The highest BCUT2D eigenvalue weighted by Crippen LogP contribution is 2.11. The average molecular weight is 982 g/mol. The summed E-state index contributed by atoms with van der Waals surface area (Å²) in [4.78, 5) is 114. The number of aliphatic hydroxyl groups excluding tert-OH is 4. The highest BCUT2D eigenvalue weighted by atomic mass is 16.6. The molecule has 0 saturated heterocycles. The lowest BCUT2D eigenvalue weighted by molar-refractivity contribution is -0.556. The van der Waals surface area contributed by atoms with E-state index in [9.17, 15) is 84.2 Å². The van der Waals surface area contributed by atoms with Crippen LogP contribution in [0.2, 0.25) is 0 Å². The SMILES string of the molecule is CCCCCCCCCC(O)CC(=O)NCC(=O)NC(C(=O)NC(CO)C(=O)NC(C(=O)NC(CCC[N+]([O-])=NO)C(=O)NC(C)C(=O)NC(CCC[N+]([O-])=NO)C(=O)O)C(C)O)C(O)C(=O)O. The van der Waals surface area contributed by atoms with Gasteiger partial charge in [0.1, 0.15) is 36.3 Å². The van der Waals surface area contributed by atoms with E-state index in [1.165, 1.54) is 0 Å². The van der Waals surface area contributed by atoms with Crippen LogP contribution >= 0.6 is 0 Å². The van der Waals surface area contributed by atoms with Gasteiger partial charge in [0.25, 0.3) is 0 Å². The van der Waals surface area contributed by atoms with Gasteiger partial charge in [-0.3, -0.25) is 33.6 Å². The second-order valence-electron chi connectivity index (χ2n) is 15.6. The molecule has 0 spiro atoms. The molecule has 7 amide bonds. The predicted molar refractivity (Wildman–Crippen MR) is 227 cm³/mol. The monoisotopic (exact) mass is 981 g/mol. The van der Waals surface area contributed by atoms with Crippen LogP contribution in [0.4, 0.5) is 0 Å². The Morgan fingerprint density at radius 1 is 0.559 bits per heavy atom. The van der Waals surface area contributed by atoms with E-state index in [2.05, 4.69) is 38.7 Å². The lowest BCUT2D eigenvalue weighted by Gasteiger charge is -2.28. The molecule has 0 fully saturated rings. The van der Waals surface area contributed by atoms with Crippen molar-refractivity contribution >= 4 is 53.3 Å². The van der Waals surface area contributed by atoms with Crippen molar-refractivity contribution in [2.45, 2.75) is 159 Å². The summed E-state index contributed by atoms with van der Waals surface area (Å²) in [6.45, 7) is 1.14. The number of rotatable bonds is 36. The second kappa shape index (κ2) is 33.9. The first-order chi connectivity index (χ1) is 32.0. The molecule has 68 heavy (non-hydrogen) atoms. The molecule has 388 valence electrons. The molecule has 9 unspecified atom stereocenters. The third-order valence-corrected chi connectivity index (χ3v) is 9.94. The zero-order valence-electron chi connectivity index (χ0n) is 38.1. The van der Waals surface area contributed by atoms with Gasteiger partial charge in [0.15, 0.2) is 29.7 Å². The van der Waals surface area contributed by atoms with E-state index in [1.807, 2.05) is 16.0 Å².